The van der Waals surface area contributed by atoms with Gasteiger partial charge in [-0.15, -0.1) is 5.10 Å². The number of para-hydroxylation sites is 2. The zero-order valence-electron chi connectivity index (χ0n) is 16.1. The highest BCUT2D eigenvalue weighted by atomic mass is 32.2. The number of H-pyrrole nitrogens is 1. The Balaban J connectivity index is 1.44. The van der Waals surface area contributed by atoms with Crippen LogP contribution in [0.15, 0.2) is 35.5 Å². The fourth-order valence-electron chi connectivity index (χ4n) is 3.32. The number of Topliss-reactive ketones (excluding diaryl/α,β-unsaturated/α-hetero) is 1. The number of ether oxygens (including phenoxy) is 2. The Hall–Kier alpha value is -2.74. The van der Waals surface area contributed by atoms with Crippen molar-refractivity contribution in [2.45, 2.75) is 38.6 Å². The molecule has 2 aromatic heterocycles. The number of nitrogens with zero attached hydrogens (tertiary/aromatic N) is 3. The maximum Gasteiger partial charge on any atom is 0.208 e. The third kappa shape index (κ3) is 3.77. The Labute approximate surface area is 167 Å². The van der Waals surface area contributed by atoms with Crippen molar-refractivity contribution in [2.75, 3.05) is 12.4 Å². The third-order valence-corrected chi connectivity index (χ3v) is 5.58. The fraction of sp³-hybridized carbons (Fsp3) is 0.350. The zero-order valence-corrected chi connectivity index (χ0v) is 16.9. The molecule has 4 rings (SSSR count). The van der Waals surface area contributed by atoms with Gasteiger partial charge in [-0.3, -0.25) is 9.89 Å². The molecule has 1 N–H and O–H groups in total. The van der Waals surface area contributed by atoms with E-state index in [-0.39, 0.29) is 11.9 Å². The number of nitrogens with one attached hydrogen (secondary N) is 1. The van der Waals surface area contributed by atoms with Gasteiger partial charge in [-0.2, -0.15) is 0 Å². The summed E-state index contributed by atoms with van der Waals surface area (Å²) in [7, 11) is 0. The molecule has 28 heavy (non-hydrogen) atoms. The van der Waals surface area contributed by atoms with Gasteiger partial charge in [-0.1, -0.05) is 23.9 Å². The summed E-state index contributed by atoms with van der Waals surface area (Å²) >= 11 is 1.34. The zero-order chi connectivity index (χ0) is 19.7. The van der Waals surface area contributed by atoms with E-state index in [4.69, 9.17) is 9.47 Å². The first-order valence-electron chi connectivity index (χ1n) is 9.11. The highest BCUT2D eigenvalue weighted by molar-refractivity contribution is 7.99. The predicted molar refractivity (Wildman–Crippen MR) is 106 cm³/mol. The van der Waals surface area contributed by atoms with Crippen LogP contribution in [0.4, 0.5) is 0 Å². The van der Waals surface area contributed by atoms with Gasteiger partial charge in [0.05, 0.1) is 12.3 Å². The van der Waals surface area contributed by atoms with Crippen LogP contribution in [0.1, 0.15) is 27.6 Å². The molecule has 1 aliphatic heterocycles. The largest absolute Gasteiger partial charge is 0.486 e. The third-order valence-electron chi connectivity index (χ3n) is 4.74. The summed E-state index contributed by atoms with van der Waals surface area (Å²) in [6, 6.07) is 9.62. The fourth-order valence-corrected chi connectivity index (χ4v) is 4.04. The van der Waals surface area contributed by atoms with Gasteiger partial charge in [0.1, 0.15) is 12.4 Å². The summed E-state index contributed by atoms with van der Waals surface area (Å²) in [4.78, 5) is 16.9. The number of hydrogen-bond acceptors (Lipinski definition) is 6. The number of ketones is 1. The number of aromatic nitrogens is 4. The molecule has 0 aliphatic carbocycles. The standard InChI is InChI=1S/C20H22N4O3S/c1-12-8-16(17(25)11-28-20-21-14(3)22-23-20)13(2)24(12)9-15-10-26-18-6-4-5-7-19(18)27-15/h4-8,15H,9-11H2,1-3H3,(H,21,22,23). The lowest BCUT2D eigenvalue weighted by Crippen LogP contribution is -2.33. The van der Waals surface area contributed by atoms with Crippen LogP contribution in [0.3, 0.4) is 0 Å². The Morgan fingerprint density at radius 2 is 2.07 bits per heavy atom. The summed E-state index contributed by atoms with van der Waals surface area (Å²) in [5.41, 5.74) is 2.70. The van der Waals surface area contributed by atoms with Gasteiger partial charge in [0, 0.05) is 17.0 Å². The number of fused-ring (bicyclic) bond motifs is 1. The van der Waals surface area contributed by atoms with Gasteiger partial charge in [0.2, 0.25) is 5.16 Å². The second kappa shape index (κ2) is 7.71. The molecule has 7 nitrogen and oxygen atoms in total. The average molecular weight is 398 g/mol. The van der Waals surface area contributed by atoms with Crippen LogP contribution in [0.5, 0.6) is 11.5 Å². The van der Waals surface area contributed by atoms with Crippen molar-refractivity contribution in [1.82, 2.24) is 19.7 Å². The molecule has 1 aliphatic rings. The van der Waals surface area contributed by atoms with Crippen LogP contribution < -0.4 is 9.47 Å². The lowest BCUT2D eigenvalue weighted by Gasteiger charge is -2.27. The van der Waals surface area contributed by atoms with Crippen molar-refractivity contribution >= 4 is 17.5 Å². The molecule has 8 heteroatoms. The van der Waals surface area contributed by atoms with Gasteiger partial charge >= 0.3 is 0 Å². The van der Waals surface area contributed by atoms with Crippen LogP contribution in [0.25, 0.3) is 0 Å². The van der Waals surface area contributed by atoms with Crippen molar-refractivity contribution in [3.05, 3.63) is 53.1 Å². The van der Waals surface area contributed by atoms with E-state index in [1.54, 1.807) is 0 Å². The topological polar surface area (TPSA) is 82.0 Å². The molecule has 1 atom stereocenters. The van der Waals surface area contributed by atoms with E-state index < -0.39 is 0 Å². The van der Waals surface area contributed by atoms with Gasteiger partial charge in [0.15, 0.2) is 23.4 Å². The van der Waals surface area contributed by atoms with Crippen molar-refractivity contribution in [3.8, 4) is 11.5 Å². The Morgan fingerprint density at radius 1 is 1.29 bits per heavy atom. The summed E-state index contributed by atoms with van der Waals surface area (Å²) in [6.07, 6.45) is -0.103. The number of aryl methyl sites for hydroxylation is 2. The molecule has 0 saturated carbocycles. The van der Waals surface area contributed by atoms with Crippen LogP contribution >= 0.6 is 11.8 Å². The first-order valence-corrected chi connectivity index (χ1v) is 10.1. The summed E-state index contributed by atoms with van der Waals surface area (Å²) in [5.74, 6) is 2.64. The summed E-state index contributed by atoms with van der Waals surface area (Å²) < 4.78 is 14.0. The molecule has 1 unspecified atom stereocenters. The molecule has 1 aromatic carbocycles. The molecule has 146 valence electrons. The number of carbonyl (C=O) groups excluding carboxylic acids is 1. The monoisotopic (exact) mass is 398 g/mol. The molecule has 3 aromatic rings. The van der Waals surface area contributed by atoms with E-state index in [9.17, 15) is 4.79 Å². The van der Waals surface area contributed by atoms with Gasteiger partial charge < -0.3 is 14.0 Å². The molecule has 0 bridgehead atoms. The van der Waals surface area contributed by atoms with Crippen LogP contribution in [-0.4, -0.2) is 44.0 Å². The van der Waals surface area contributed by atoms with Crippen LogP contribution in [0, 0.1) is 20.8 Å². The van der Waals surface area contributed by atoms with Gasteiger partial charge in [-0.05, 0) is 39.0 Å². The normalized spacial score (nSPS) is 15.6. The van der Waals surface area contributed by atoms with E-state index in [2.05, 4.69) is 19.7 Å². The highest BCUT2D eigenvalue weighted by Crippen LogP contribution is 2.31. The lowest BCUT2D eigenvalue weighted by molar-refractivity contribution is 0.0777. The van der Waals surface area contributed by atoms with E-state index in [0.29, 0.717) is 24.1 Å². The number of thioether (sulfide) groups is 1. The smallest absolute Gasteiger partial charge is 0.208 e. The molecular formula is C20H22N4O3S. The van der Waals surface area contributed by atoms with E-state index in [1.165, 1.54) is 11.8 Å². The maximum atomic E-state index is 12.7. The summed E-state index contributed by atoms with van der Waals surface area (Å²) in [6.45, 7) is 6.93. The van der Waals surface area contributed by atoms with Crippen molar-refractivity contribution in [3.63, 3.8) is 0 Å². The Kier molecular flexibility index (Phi) is 5.13. The number of carbonyl (C=O) groups is 1. The number of hydrogen-bond donors (Lipinski definition) is 1. The highest BCUT2D eigenvalue weighted by Gasteiger charge is 2.24. The van der Waals surface area contributed by atoms with E-state index >= 15 is 0 Å². The molecule has 3 heterocycles. The minimum Gasteiger partial charge on any atom is -0.486 e. The predicted octanol–water partition coefficient (Wildman–Crippen LogP) is 3.35. The van der Waals surface area contributed by atoms with Crippen LogP contribution in [-0.2, 0) is 6.54 Å². The van der Waals surface area contributed by atoms with Gasteiger partial charge in [-0.25, -0.2) is 4.98 Å². The molecule has 0 fully saturated rings. The lowest BCUT2D eigenvalue weighted by atomic mass is 10.2. The molecular weight excluding hydrogens is 376 g/mol. The SMILES string of the molecule is Cc1nc(SCC(=O)c2cc(C)n(CC3COc4ccccc4O3)c2C)n[nH]1. The first kappa shape index (κ1) is 18.6. The minimum atomic E-state index is -0.103. The van der Waals surface area contributed by atoms with Gasteiger partial charge in [0.25, 0.3) is 0 Å². The van der Waals surface area contributed by atoms with Crippen LogP contribution in [0.2, 0.25) is 0 Å². The average Bonchev–Trinajstić information content (AvgIpc) is 3.24. The molecule has 0 spiro atoms. The van der Waals surface area contributed by atoms with E-state index in [0.717, 1.165) is 34.3 Å². The second-order valence-corrected chi connectivity index (χ2v) is 7.75. The number of aromatic amines is 1. The Morgan fingerprint density at radius 3 is 2.82 bits per heavy atom. The quantitative estimate of drug-likeness (QED) is 0.507. The second-order valence-electron chi connectivity index (χ2n) is 6.81. The number of rotatable bonds is 6. The molecule has 0 saturated heterocycles. The van der Waals surface area contributed by atoms with Crippen molar-refractivity contribution < 1.29 is 14.3 Å². The Bertz CT molecular complexity index is 1010. The number of benzene rings is 1. The van der Waals surface area contributed by atoms with E-state index in [1.807, 2.05) is 51.1 Å². The molecule has 0 amide bonds. The van der Waals surface area contributed by atoms with Crippen molar-refractivity contribution in [2.24, 2.45) is 0 Å². The maximum absolute atomic E-state index is 12.7. The molecule has 0 radical (unpaired) electrons. The first-order chi connectivity index (χ1) is 13.5. The summed E-state index contributed by atoms with van der Waals surface area (Å²) in [5, 5.41) is 7.44. The minimum absolute atomic E-state index is 0.0676. The van der Waals surface area contributed by atoms with Crippen molar-refractivity contribution in [1.29, 1.82) is 0 Å².